The lowest BCUT2D eigenvalue weighted by Gasteiger charge is -2.30. The highest BCUT2D eigenvalue weighted by atomic mass is 79.9. The molecule has 0 bridgehead atoms. The highest BCUT2D eigenvalue weighted by Crippen LogP contribution is 2.44. The fourth-order valence-corrected chi connectivity index (χ4v) is 4.42. The van der Waals surface area contributed by atoms with Crippen molar-refractivity contribution in [2.75, 3.05) is 20.3 Å². The van der Waals surface area contributed by atoms with E-state index in [9.17, 15) is 9.90 Å². The molecule has 4 nitrogen and oxygen atoms in total. The van der Waals surface area contributed by atoms with Crippen LogP contribution in [-0.2, 0) is 15.1 Å². The number of aliphatic hydroxyl groups is 1. The third kappa shape index (κ3) is 2.46. The van der Waals surface area contributed by atoms with Crippen LogP contribution in [0.3, 0.4) is 0 Å². The Bertz CT molecular complexity index is 471. The summed E-state index contributed by atoms with van der Waals surface area (Å²) in [6.07, 6.45) is 0. The molecule has 1 saturated heterocycles. The first-order chi connectivity index (χ1) is 8.93. The first-order valence-corrected chi connectivity index (χ1v) is 7.75. The second kappa shape index (κ2) is 5.52. The maximum atomic E-state index is 12.1. The van der Waals surface area contributed by atoms with E-state index in [1.54, 1.807) is 11.3 Å². The second-order valence-corrected chi connectivity index (χ2v) is 7.15. The Morgan fingerprint density at radius 2 is 2.42 bits per heavy atom. The van der Waals surface area contributed by atoms with Gasteiger partial charge in [-0.3, -0.25) is 4.79 Å². The first kappa shape index (κ1) is 15.0. The van der Waals surface area contributed by atoms with Gasteiger partial charge in [-0.05, 0) is 35.8 Å². The van der Waals surface area contributed by atoms with Gasteiger partial charge in [-0.15, -0.1) is 11.3 Å². The normalized spacial score (nSPS) is 30.6. The van der Waals surface area contributed by atoms with Crippen molar-refractivity contribution in [1.29, 1.82) is 0 Å². The molecule has 2 rings (SSSR count). The minimum absolute atomic E-state index is 0.0200. The molecule has 1 aromatic rings. The number of ether oxygens (including phenoxy) is 1. The van der Waals surface area contributed by atoms with E-state index in [1.165, 1.54) is 12.0 Å². The largest absolute Gasteiger partial charge is 0.469 e. The zero-order chi connectivity index (χ0) is 14.2. The molecule has 2 N–H and O–H groups in total. The van der Waals surface area contributed by atoms with Gasteiger partial charge in [0, 0.05) is 33.3 Å². The Morgan fingerprint density at radius 1 is 1.74 bits per heavy atom. The highest BCUT2D eigenvalue weighted by Gasteiger charge is 2.51. The zero-order valence-corrected chi connectivity index (χ0v) is 13.6. The summed E-state index contributed by atoms with van der Waals surface area (Å²) >= 11 is 5.17. The number of aliphatic hydroxyl groups excluding tert-OH is 1. The SMILES string of the molecule is COC(=O)[C@H]1[C@H](CO)CN[C@]1(C)c1cc(Br)c(C)s1. The van der Waals surface area contributed by atoms with Crippen LogP contribution in [0.5, 0.6) is 0 Å². The van der Waals surface area contributed by atoms with E-state index in [4.69, 9.17) is 4.74 Å². The number of halogens is 1. The molecule has 0 radical (unpaired) electrons. The fourth-order valence-electron chi connectivity index (χ4n) is 2.72. The van der Waals surface area contributed by atoms with Crippen LogP contribution in [0, 0.1) is 18.8 Å². The van der Waals surface area contributed by atoms with Crippen molar-refractivity contribution in [2.24, 2.45) is 11.8 Å². The van der Waals surface area contributed by atoms with Crippen LogP contribution in [-0.4, -0.2) is 31.3 Å². The number of carbonyl (C=O) groups excluding carboxylic acids is 1. The third-order valence-corrected chi connectivity index (χ3v) is 6.26. The third-order valence-electron chi connectivity index (χ3n) is 3.88. The minimum Gasteiger partial charge on any atom is -0.469 e. The summed E-state index contributed by atoms with van der Waals surface area (Å²) in [4.78, 5) is 14.3. The maximum Gasteiger partial charge on any atom is 0.311 e. The van der Waals surface area contributed by atoms with Crippen molar-refractivity contribution in [1.82, 2.24) is 5.32 Å². The van der Waals surface area contributed by atoms with E-state index in [1.807, 2.05) is 19.9 Å². The van der Waals surface area contributed by atoms with Gasteiger partial charge in [-0.2, -0.15) is 0 Å². The predicted octanol–water partition coefficient (Wildman–Crippen LogP) is 2.04. The van der Waals surface area contributed by atoms with Gasteiger partial charge in [0.05, 0.1) is 18.6 Å². The summed E-state index contributed by atoms with van der Waals surface area (Å²) in [5, 5.41) is 12.9. The molecule has 0 saturated carbocycles. The molecule has 0 aliphatic carbocycles. The Balaban J connectivity index is 2.42. The molecule has 6 heteroatoms. The molecule has 2 heterocycles. The molecule has 0 spiro atoms. The van der Waals surface area contributed by atoms with Crippen molar-refractivity contribution < 1.29 is 14.6 Å². The van der Waals surface area contributed by atoms with Crippen LogP contribution < -0.4 is 5.32 Å². The molecule has 19 heavy (non-hydrogen) atoms. The fraction of sp³-hybridized carbons (Fsp3) is 0.615. The average molecular weight is 348 g/mol. The van der Waals surface area contributed by atoms with Crippen LogP contribution in [0.15, 0.2) is 10.5 Å². The number of carbonyl (C=O) groups is 1. The van der Waals surface area contributed by atoms with E-state index in [-0.39, 0.29) is 24.4 Å². The van der Waals surface area contributed by atoms with E-state index in [2.05, 4.69) is 21.2 Å². The first-order valence-electron chi connectivity index (χ1n) is 6.14. The Morgan fingerprint density at radius 3 is 2.89 bits per heavy atom. The average Bonchev–Trinajstić information content (AvgIpc) is 2.91. The van der Waals surface area contributed by atoms with E-state index in [0.29, 0.717) is 6.54 Å². The lowest BCUT2D eigenvalue weighted by Crippen LogP contribution is -2.42. The summed E-state index contributed by atoms with van der Waals surface area (Å²) in [6.45, 7) is 4.63. The molecule has 106 valence electrons. The van der Waals surface area contributed by atoms with E-state index < -0.39 is 5.54 Å². The van der Waals surface area contributed by atoms with E-state index >= 15 is 0 Å². The minimum atomic E-state index is -0.484. The number of hydrogen-bond acceptors (Lipinski definition) is 5. The van der Waals surface area contributed by atoms with Crippen molar-refractivity contribution in [3.8, 4) is 0 Å². The molecule has 1 fully saturated rings. The number of thiophene rings is 1. The molecule has 0 unspecified atom stereocenters. The molecule has 0 amide bonds. The van der Waals surface area contributed by atoms with Crippen molar-refractivity contribution in [3.63, 3.8) is 0 Å². The number of esters is 1. The topological polar surface area (TPSA) is 58.6 Å². The highest BCUT2D eigenvalue weighted by molar-refractivity contribution is 9.10. The molecule has 1 aliphatic heterocycles. The van der Waals surface area contributed by atoms with Crippen molar-refractivity contribution >= 4 is 33.2 Å². The van der Waals surface area contributed by atoms with Gasteiger partial charge in [0.25, 0.3) is 0 Å². The standard InChI is InChI=1S/C13H18BrNO3S/c1-7-9(14)4-10(19-7)13(2)11(12(17)18-3)8(6-16)5-15-13/h4,8,11,15-16H,5-6H2,1-3H3/t8-,11+,13+/m0/s1. The Hall–Kier alpha value is -0.430. The molecular weight excluding hydrogens is 330 g/mol. The smallest absolute Gasteiger partial charge is 0.311 e. The van der Waals surface area contributed by atoms with Crippen molar-refractivity contribution in [3.05, 3.63) is 20.3 Å². The molecular formula is C13H18BrNO3S. The monoisotopic (exact) mass is 347 g/mol. The zero-order valence-electron chi connectivity index (χ0n) is 11.2. The molecule has 1 aromatic heterocycles. The van der Waals surface area contributed by atoms with Gasteiger partial charge in [0.1, 0.15) is 0 Å². The summed E-state index contributed by atoms with van der Waals surface area (Å²) in [7, 11) is 1.39. The molecule has 3 atom stereocenters. The van der Waals surface area contributed by atoms with Crippen LogP contribution in [0.1, 0.15) is 16.7 Å². The number of hydrogen-bond donors (Lipinski definition) is 2. The number of rotatable bonds is 3. The number of methoxy groups -OCH3 is 1. The molecule has 1 aliphatic rings. The predicted molar refractivity (Wildman–Crippen MR) is 78.2 cm³/mol. The quantitative estimate of drug-likeness (QED) is 0.821. The second-order valence-electron chi connectivity index (χ2n) is 5.04. The Labute approximate surface area is 125 Å². The van der Waals surface area contributed by atoms with Crippen LogP contribution in [0.2, 0.25) is 0 Å². The van der Waals surface area contributed by atoms with Gasteiger partial charge < -0.3 is 15.2 Å². The van der Waals surface area contributed by atoms with Gasteiger partial charge in [-0.25, -0.2) is 0 Å². The summed E-state index contributed by atoms with van der Waals surface area (Å²) in [5.41, 5.74) is -0.484. The van der Waals surface area contributed by atoms with Crippen LogP contribution in [0.25, 0.3) is 0 Å². The number of nitrogens with one attached hydrogen (secondary N) is 1. The molecule has 0 aromatic carbocycles. The van der Waals surface area contributed by atoms with Gasteiger partial charge in [0.2, 0.25) is 0 Å². The number of aryl methyl sites for hydroxylation is 1. The summed E-state index contributed by atoms with van der Waals surface area (Å²) in [6, 6.07) is 2.04. The summed E-state index contributed by atoms with van der Waals surface area (Å²) in [5.74, 6) is -0.750. The van der Waals surface area contributed by atoms with Gasteiger partial charge in [0.15, 0.2) is 0 Å². The van der Waals surface area contributed by atoms with Crippen LogP contribution >= 0.6 is 27.3 Å². The Kier molecular flexibility index (Phi) is 4.35. The van der Waals surface area contributed by atoms with Crippen LogP contribution in [0.4, 0.5) is 0 Å². The van der Waals surface area contributed by atoms with Crippen molar-refractivity contribution in [2.45, 2.75) is 19.4 Å². The maximum absolute atomic E-state index is 12.1. The lowest BCUT2D eigenvalue weighted by atomic mass is 9.80. The van der Waals surface area contributed by atoms with Gasteiger partial charge >= 0.3 is 5.97 Å². The van der Waals surface area contributed by atoms with E-state index in [0.717, 1.165) is 9.35 Å². The van der Waals surface area contributed by atoms with Gasteiger partial charge in [-0.1, -0.05) is 0 Å². The summed E-state index contributed by atoms with van der Waals surface area (Å²) < 4.78 is 5.97. The lowest BCUT2D eigenvalue weighted by molar-refractivity contribution is -0.149.